The van der Waals surface area contributed by atoms with E-state index < -0.39 is 0 Å². The van der Waals surface area contributed by atoms with Gasteiger partial charge in [0.15, 0.2) is 11.6 Å². The Morgan fingerprint density at radius 1 is 1.20 bits per heavy atom. The van der Waals surface area contributed by atoms with E-state index in [1.54, 1.807) is 12.1 Å². The van der Waals surface area contributed by atoms with Crippen LogP contribution in [0.3, 0.4) is 0 Å². The fourth-order valence-electron chi connectivity index (χ4n) is 2.40. The van der Waals surface area contributed by atoms with E-state index in [9.17, 15) is 4.39 Å². The Morgan fingerprint density at radius 2 is 2.10 bits per heavy atom. The quantitative estimate of drug-likeness (QED) is 0.845. The van der Waals surface area contributed by atoms with Crippen molar-refractivity contribution in [2.24, 2.45) is 0 Å². The molecule has 3 heteroatoms. The highest BCUT2D eigenvalue weighted by molar-refractivity contribution is 5.40. The van der Waals surface area contributed by atoms with Crippen LogP contribution in [0.25, 0.3) is 0 Å². The van der Waals surface area contributed by atoms with E-state index in [0.29, 0.717) is 12.4 Å². The van der Waals surface area contributed by atoms with Crippen LogP contribution in [0.4, 0.5) is 4.39 Å². The van der Waals surface area contributed by atoms with Crippen molar-refractivity contribution < 1.29 is 13.9 Å². The first-order chi connectivity index (χ1) is 9.72. The van der Waals surface area contributed by atoms with Crippen molar-refractivity contribution >= 4 is 0 Å². The third kappa shape index (κ3) is 2.77. The molecule has 1 aliphatic heterocycles. The van der Waals surface area contributed by atoms with Gasteiger partial charge in [-0.2, -0.15) is 0 Å². The number of halogens is 1. The SMILES string of the molecule is Cc1ccc(F)c(OCCc2ccc3c(c2)CCO3)c1. The van der Waals surface area contributed by atoms with Crippen LogP contribution in [-0.2, 0) is 12.8 Å². The lowest BCUT2D eigenvalue weighted by atomic mass is 10.1. The third-order valence-electron chi connectivity index (χ3n) is 3.49. The number of benzene rings is 2. The van der Waals surface area contributed by atoms with Gasteiger partial charge >= 0.3 is 0 Å². The largest absolute Gasteiger partial charge is 0.493 e. The molecule has 0 saturated heterocycles. The molecule has 0 bridgehead atoms. The van der Waals surface area contributed by atoms with E-state index in [0.717, 1.165) is 30.8 Å². The van der Waals surface area contributed by atoms with E-state index >= 15 is 0 Å². The minimum absolute atomic E-state index is 0.307. The molecular weight excluding hydrogens is 255 g/mol. The number of rotatable bonds is 4. The lowest BCUT2D eigenvalue weighted by Crippen LogP contribution is -2.03. The van der Waals surface area contributed by atoms with Gasteiger partial charge in [-0.3, -0.25) is 0 Å². The molecule has 1 heterocycles. The second kappa shape index (κ2) is 5.53. The molecule has 104 valence electrons. The predicted octanol–water partition coefficient (Wildman–Crippen LogP) is 3.69. The summed E-state index contributed by atoms with van der Waals surface area (Å²) in [7, 11) is 0. The summed E-state index contributed by atoms with van der Waals surface area (Å²) in [5.74, 6) is 1.01. The summed E-state index contributed by atoms with van der Waals surface area (Å²) in [6, 6.07) is 11.1. The highest BCUT2D eigenvalue weighted by Gasteiger charge is 2.12. The lowest BCUT2D eigenvalue weighted by Gasteiger charge is -2.09. The Bertz CT molecular complexity index is 622. The Morgan fingerprint density at radius 3 is 3.00 bits per heavy atom. The fraction of sp³-hybridized carbons (Fsp3) is 0.294. The molecule has 0 N–H and O–H groups in total. The first kappa shape index (κ1) is 13.0. The molecular formula is C17H17FO2. The van der Waals surface area contributed by atoms with Crippen molar-refractivity contribution in [3.63, 3.8) is 0 Å². The first-order valence-electron chi connectivity index (χ1n) is 6.86. The maximum Gasteiger partial charge on any atom is 0.165 e. The van der Waals surface area contributed by atoms with Crippen molar-refractivity contribution in [3.05, 3.63) is 58.9 Å². The van der Waals surface area contributed by atoms with E-state index in [4.69, 9.17) is 9.47 Å². The smallest absolute Gasteiger partial charge is 0.165 e. The van der Waals surface area contributed by atoms with Crippen molar-refractivity contribution in [3.8, 4) is 11.5 Å². The summed E-state index contributed by atoms with van der Waals surface area (Å²) in [4.78, 5) is 0. The van der Waals surface area contributed by atoms with Gasteiger partial charge in [0, 0.05) is 12.8 Å². The number of ether oxygens (including phenoxy) is 2. The van der Waals surface area contributed by atoms with Crippen LogP contribution < -0.4 is 9.47 Å². The highest BCUT2D eigenvalue weighted by atomic mass is 19.1. The fourth-order valence-corrected chi connectivity index (χ4v) is 2.40. The van der Waals surface area contributed by atoms with Gasteiger partial charge in [-0.15, -0.1) is 0 Å². The average Bonchev–Trinajstić information content (AvgIpc) is 2.90. The zero-order valence-electron chi connectivity index (χ0n) is 11.5. The molecule has 0 saturated carbocycles. The molecule has 0 aliphatic carbocycles. The van der Waals surface area contributed by atoms with Gasteiger partial charge in [-0.25, -0.2) is 4.39 Å². The highest BCUT2D eigenvalue weighted by Crippen LogP contribution is 2.26. The van der Waals surface area contributed by atoms with Crippen LogP contribution in [0, 0.1) is 12.7 Å². The number of hydrogen-bond donors (Lipinski definition) is 0. The molecule has 0 radical (unpaired) electrons. The average molecular weight is 272 g/mol. The summed E-state index contributed by atoms with van der Waals surface area (Å²) in [6.45, 7) is 3.16. The molecule has 3 rings (SSSR count). The van der Waals surface area contributed by atoms with Crippen LogP contribution in [0.1, 0.15) is 16.7 Å². The normalized spacial score (nSPS) is 12.9. The van der Waals surface area contributed by atoms with Crippen LogP contribution in [0.5, 0.6) is 11.5 Å². The van der Waals surface area contributed by atoms with Crippen molar-refractivity contribution in [2.45, 2.75) is 19.8 Å². The Hall–Kier alpha value is -2.03. The van der Waals surface area contributed by atoms with Crippen LogP contribution in [0.2, 0.25) is 0 Å². The first-order valence-corrected chi connectivity index (χ1v) is 6.86. The maximum atomic E-state index is 13.5. The molecule has 0 amide bonds. The minimum atomic E-state index is -0.307. The van der Waals surface area contributed by atoms with E-state index in [1.165, 1.54) is 17.2 Å². The monoisotopic (exact) mass is 272 g/mol. The second-order valence-corrected chi connectivity index (χ2v) is 5.07. The molecule has 0 unspecified atom stereocenters. The second-order valence-electron chi connectivity index (χ2n) is 5.07. The van der Waals surface area contributed by atoms with Gasteiger partial charge in [0.1, 0.15) is 5.75 Å². The molecule has 2 aromatic carbocycles. The minimum Gasteiger partial charge on any atom is -0.493 e. The van der Waals surface area contributed by atoms with Gasteiger partial charge < -0.3 is 9.47 Å². The molecule has 1 aliphatic rings. The molecule has 0 aromatic heterocycles. The molecule has 2 aromatic rings. The molecule has 0 atom stereocenters. The van der Waals surface area contributed by atoms with E-state index in [2.05, 4.69) is 6.07 Å². The summed E-state index contributed by atoms with van der Waals surface area (Å²) in [6.07, 6.45) is 1.73. The molecule has 0 spiro atoms. The van der Waals surface area contributed by atoms with Crippen LogP contribution in [0.15, 0.2) is 36.4 Å². The van der Waals surface area contributed by atoms with Gasteiger partial charge in [0.25, 0.3) is 0 Å². The predicted molar refractivity (Wildman–Crippen MR) is 76.0 cm³/mol. The number of hydrogen-bond acceptors (Lipinski definition) is 2. The molecule has 2 nitrogen and oxygen atoms in total. The van der Waals surface area contributed by atoms with E-state index in [-0.39, 0.29) is 5.82 Å². The number of aryl methyl sites for hydroxylation is 1. The van der Waals surface area contributed by atoms with Gasteiger partial charge in [-0.05, 0) is 41.8 Å². The topological polar surface area (TPSA) is 18.5 Å². The van der Waals surface area contributed by atoms with Crippen molar-refractivity contribution in [1.82, 2.24) is 0 Å². The molecule has 0 fully saturated rings. The van der Waals surface area contributed by atoms with Gasteiger partial charge in [-0.1, -0.05) is 18.2 Å². The summed E-state index contributed by atoms with van der Waals surface area (Å²) >= 11 is 0. The Labute approximate surface area is 118 Å². The number of fused-ring (bicyclic) bond motifs is 1. The Balaban J connectivity index is 1.61. The Kier molecular flexibility index (Phi) is 3.59. The van der Waals surface area contributed by atoms with Gasteiger partial charge in [0.05, 0.1) is 13.2 Å². The molecule has 20 heavy (non-hydrogen) atoms. The zero-order valence-corrected chi connectivity index (χ0v) is 11.5. The third-order valence-corrected chi connectivity index (χ3v) is 3.49. The van der Waals surface area contributed by atoms with Gasteiger partial charge in [0.2, 0.25) is 0 Å². The summed E-state index contributed by atoms with van der Waals surface area (Å²) in [5.41, 5.74) is 3.45. The van der Waals surface area contributed by atoms with Crippen molar-refractivity contribution in [2.75, 3.05) is 13.2 Å². The summed E-state index contributed by atoms with van der Waals surface area (Å²) in [5, 5.41) is 0. The zero-order chi connectivity index (χ0) is 13.9. The standard InChI is InChI=1S/C17H17FO2/c1-12-2-4-15(18)17(10-12)20-8-6-13-3-5-16-14(11-13)7-9-19-16/h2-5,10-11H,6-9H2,1H3. The summed E-state index contributed by atoms with van der Waals surface area (Å²) < 4.78 is 24.5. The van der Waals surface area contributed by atoms with Crippen LogP contribution >= 0.6 is 0 Å². The maximum absolute atomic E-state index is 13.5. The van der Waals surface area contributed by atoms with E-state index in [1.807, 2.05) is 19.1 Å². The lowest BCUT2D eigenvalue weighted by molar-refractivity contribution is 0.305. The van der Waals surface area contributed by atoms with Crippen LogP contribution in [-0.4, -0.2) is 13.2 Å². The van der Waals surface area contributed by atoms with Crippen molar-refractivity contribution in [1.29, 1.82) is 0 Å².